The Balaban J connectivity index is 0.000000640. The smallest absolute Gasteiger partial charge is 0.193 e. The van der Waals surface area contributed by atoms with Crippen LogP contribution in [-0.2, 0) is 0 Å². The lowest BCUT2D eigenvalue weighted by atomic mass is 10.6. The van der Waals surface area contributed by atoms with E-state index < -0.39 is 0 Å². The van der Waals surface area contributed by atoms with Crippen LogP contribution in [0.4, 0.5) is 0 Å². The molecule has 1 fully saturated rings. The van der Waals surface area contributed by atoms with E-state index in [1.54, 1.807) is 0 Å². The van der Waals surface area contributed by atoms with Crippen molar-refractivity contribution >= 4 is 18.4 Å². The molecule has 0 amide bonds. The molecule has 3 nitrogen and oxygen atoms in total. The molecule has 0 aromatic carbocycles. The van der Waals surface area contributed by atoms with Gasteiger partial charge in [0.15, 0.2) is 5.96 Å². The SMILES string of the molecule is CN1CCN(C)C1=N.Cl. The number of likely N-dealkylation sites (N-methyl/N-ethyl adjacent to an activating group) is 2. The first kappa shape index (κ1) is 8.56. The van der Waals surface area contributed by atoms with E-state index in [9.17, 15) is 0 Å². The van der Waals surface area contributed by atoms with Crippen molar-refractivity contribution in [2.45, 2.75) is 0 Å². The highest BCUT2D eigenvalue weighted by atomic mass is 35.5. The standard InChI is InChI=1S/C5H11N3.ClH/c1-7-3-4-8(2)5(7)6;/h6H,3-4H2,1-2H3;1H. The number of halogens is 1. The van der Waals surface area contributed by atoms with Crippen LogP contribution < -0.4 is 0 Å². The molecule has 1 aliphatic rings. The maximum Gasteiger partial charge on any atom is 0.193 e. The number of rotatable bonds is 0. The summed E-state index contributed by atoms with van der Waals surface area (Å²) in [5, 5.41) is 7.31. The van der Waals surface area contributed by atoms with Gasteiger partial charge in [0.2, 0.25) is 0 Å². The molecule has 9 heavy (non-hydrogen) atoms. The van der Waals surface area contributed by atoms with E-state index >= 15 is 0 Å². The summed E-state index contributed by atoms with van der Waals surface area (Å²) < 4.78 is 0. The summed E-state index contributed by atoms with van der Waals surface area (Å²) in [4.78, 5) is 3.86. The average molecular weight is 150 g/mol. The zero-order valence-corrected chi connectivity index (χ0v) is 6.53. The van der Waals surface area contributed by atoms with E-state index in [-0.39, 0.29) is 12.4 Å². The van der Waals surface area contributed by atoms with Gasteiger partial charge in [-0.05, 0) is 0 Å². The quantitative estimate of drug-likeness (QED) is 0.534. The molecule has 0 atom stereocenters. The number of hydrogen-bond donors (Lipinski definition) is 1. The van der Waals surface area contributed by atoms with Crippen molar-refractivity contribution in [2.75, 3.05) is 27.2 Å². The lowest BCUT2D eigenvalue weighted by Crippen LogP contribution is -2.26. The minimum atomic E-state index is 0. The summed E-state index contributed by atoms with van der Waals surface area (Å²) in [5.41, 5.74) is 0. The van der Waals surface area contributed by atoms with Crippen molar-refractivity contribution < 1.29 is 0 Å². The third kappa shape index (κ3) is 1.48. The van der Waals surface area contributed by atoms with Crippen LogP contribution >= 0.6 is 12.4 Å². The summed E-state index contributed by atoms with van der Waals surface area (Å²) in [5.74, 6) is 0.630. The highest BCUT2D eigenvalue weighted by molar-refractivity contribution is 5.85. The topological polar surface area (TPSA) is 30.3 Å². The van der Waals surface area contributed by atoms with Gasteiger partial charge >= 0.3 is 0 Å². The third-order valence-electron chi connectivity index (χ3n) is 1.49. The maximum atomic E-state index is 7.31. The zero-order chi connectivity index (χ0) is 6.15. The molecule has 0 aliphatic carbocycles. The van der Waals surface area contributed by atoms with Gasteiger partial charge in [-0.25, -0.2) is 0 Å². The average Bonchev–Trinajstić information content (AvgIpc) is 1.98. The molecule has 4 heteroatoms. The van der Waals surface area contributed by atoms with Crippen molar-refractivity contribution in [3.05, 3.63) is 0 Å². The van der Waals surface area contributed by atoms with Crippen LogP contribution in [-0.4, -0.2) is 42.9 Å². The van der Waals surface area contributed by atoms with Gasteiger partial charge in [-0.1, -0.05) is 0 Å². The fraction of sp³-hybridized carbons (Fsp3) is 0.800. The van der Waals surface area contributed by atoms with Gasteiger partial charge in [0.1, 0.15) is 0 Å². The molecule has 0 aromatic heterocycles. The van der Waals surface area contributed by atoms with E-state index in [0.29, 0.717) is 5.96 Å². The van der Waals surface area contributed by atoms with Crippen molar-refractivity contribution in [3.63, 3.8) is 0 Å². The molecule has 1 aliphatic heterocycles. The normalized spacial score (nSPS) is 18.2. The van der Waals surface area contributed by atoms with E-state index in [0.717, 1.165) is 13.1 Å². The monoisotopic (exact) mass is 149 g/mol. The van der Waals surface area contributed by atoms with E-state index in [4.69, 9.17) is 5.41 Å². The lowest BCUT2D eigenvalue weighted by molar-refractivity contribution is 0.553. The Kier molecular flexibility index (Phi) is 2.77. The third-order valence-corrected chi connectivity index (χ3v) is 1.49. The van der Waals surface area contributed by atoms with E-state index in [1.807, 2.05) is 23.9 Å². The molecule has 1 N–H and O–H groups in total. The second kappa shape index (κ2) is 2.92. The number of hydrogen-bond acceptors (Lipinski definition) is 1. The highest BCUT2D eigenvalue weighted by Gasteiger charge is 2.16. The molecule has 0 unspecified atom stereocenters. The van der Waals surface area contributed by atoms with Crippen LogP contribution in [0, 0.1) is 5.41 Å². The number of nitrogens with one attached hydrogen (secondary N) is 1. The van der Waals surface area contributed by atoms with Gasteiger partial charge in [-0.15, -0.1) is 12.4 Å². The fourth-order valence-electron chi connectivity index (χ4n) is 0.803. The maximum absolute atomic E-state index is 7.31. The second-order valence-corrected chi connectivity index (χ2v) is 2.17. The number of nitrogens with zero attached hydrogens (tertiary/aromatic N) is 2. The van der Waals surface area contributed by atoms with Gasteiger partial charge in [0, 0.05) is 27.2 Å². The van der Waals surface area contributed by atoms with Crippen LogP contribution in [0.5, 0.6) is 0 Å². The van der Waals surface area contributed by atoms with Gasteiger partial charge in [-0.3, -0.25) is 5.41 Å². The first-order valence-corrected chi connectivity index (χ1v) is 2.72. The fourth-order valence-corrected chi connectivity index (χ4v) is 0.803. The van der Waals surface area contributed by atoms with Crippen molar-refractivity contribution in [1.82, 2.24) is 9.80 Å². The van der Waals surface area contributed by atoms with Gasteiger partial charge < -0.3 is 9.80 Å². The first-order chi connectivity index (χ1) is 3.72. The minimum Gasteiger partial charge on any atom is -0.344 e. The van der Waals surface area contributed by atoms with Crippen LogP contribution in [0.25, 0.3) is 0 Å². The summed E-state index contributed by atoms with van der Waals surface area (Å²) in [6.45, 7) is 1.99. The largest absolute Gasteiger partial charge is 0.344 e. The molecular weight excluding hydrogens is 138 g/mol. The predicted octanol–water partition coefficient (Wildman–Crippen LogP) is 0.220. The Bertz CT molecular complexity index is 103. The van der Waals surface area contributed by atoms with Gasteiger partial charge in [0.05, 0.1) is 0 Å². The number of guanidine groups is 1. The Morgan fingerprint density at radius 3 is 1.67 bits per heavy atom. The Morgan fingerprint density at radius 2 is 1.56 bits per heavy atom. The first-order valence-electron chi connectivity index (χ1n) is 2.72. The second-order valence-electron chi connectivity index (χ2n) is 2.17. The summed E-state index contributed by atoms with van der Waals surface area (Å²) >= 11 is 0. The molecule has 0 saturated carbocycles. The molecule has 1 heterocycles. The minimum absolute atomic E-state index is 0. The summed E-state index contributed by atoms with van der Waals surface area (Å²) in [6.07, 6.45) is 0. The summed E-state index contributed by atoms with van der Waals surface area (Å²) in [7, 11) is 3.87. The molecule has 0 radical (unpaired) electrons. The molecule has 0 spiro atoms. The Morgan fingerprint density at radius 1 is 1.22 bits per heavy atom. The van der Waals surface area contributed by atoms with E-state index in [2.05, 4.69) is 0 Å². The van der Waals surface area contributed by atoms with Gasteiger partial charge in [0.25, 0.3) is 0 Å². The van der Waals surface area contributed by atoms with Crippen LogP contribution in [0.15, 0.2) is 0 Å². The van der Waals surface area contributed by atoms with Gasteiger partial charge in [-0.2, -0.15) is 0 Å². The lowest BCUT2D eigenvalue weighted by Gasteiger charge is -2.11. The highest BCUT2D eigenvalue weighted by Crippen LogP contribution is 1.99. The summed E-state index contributed by atoms with van der Waals surface area (Å²) in [6, 6.07) is 0. The molecular formula is C5H12ClN3. The van der Waals surface area contributed by atoms with Crippen LogP contribution in [0.2, 0.25) is 0 Å². The van der Waals surface area contributed by atoms with Crippen LogP contribution in [0.3, 0.4) is 0 Å². The van der Waals surface area contributed by atoms with E-state index in [1.165, 1.54) is 0 Å². The molecule has 1 rings (SSSR count). The molecule has 0 aromatic rings. The Hall–Kier alpha value is -0.440. The zero-order valence-electron chi connectivity index (χ0n) is 5.72. The predicted molar refractivity (Wildman–Crippen MR) is 40.2 cm³/mol. The van der Waals surface area contributed by atoms with Crippen LogP contribution in [0.1, 0.15) is 0 Å². The molecule has 0 bridgehead atoms. The molecule has 1 saturated heterocycles. The van der Waals surface area contributed by atoms with Crippen molar-refractivity contribution in [2.24, 2.45) is 0 Å². The molecule has 54 valence electrons. The van der Waals surface area contributed by atoms with Crippen molar-refractivity contribution in [1.29, 1.82) is 5.41 Å². The Labute approximate surface area is 61.6 Å². The van der Waals surface area contributed by atoms with Crippen molar-refractivity contribution in [3.8, 4) is 0 Å².